The number of carbonyl (C=O) groups excluding carboxylic acids is 1. The Bertz CT molecular complexity index is 1420. The summed E-state index contributed by atoms with van der Waals surface area (Å²) in [6.45, 7) is 4.92. The largest absolute Gasteiger partial charge is 0.385 e. The van der Waals surface area contributed by atoms with Crippen molar-refractivity contribution in [1.82, 2.24) is 14.5 Å². The minimum atomic E-state index is -0.468. The zero-order valence-corrected chi connectivity index (χ0v) is 21.5. The third-order valence-corrected chi connectivity index (χ3v) is 6.60. The lowest BCUT2D eigenvalue weighted by atomic mass is 10.1. The van der Waals surface area contributed by atoms with Crippen LogP contribution in [-0.4, -0.2) is 40.6 Å². The highest BCUT2D eigenvalue weighted by Gasteiger charge is 2.30. The fourth-order valence-corrected chi connectivity index (χ4v) is 4.64. The van der Waals surface area contributed by atoms with E-state index >= 15 is 0 Å². The van der Waals surface area contributed by atoms with Gasteiger partial charge in [0.05, 0.1) is 33.2 Å². The van der Waals surface area contributed by atoms with Crippen LogP contribution in [-0.2, 0) is 4.74 Å². The van der Waals surface area contributed by atoms with Gasteiger partial charge in [-0.05, 0) is 56.2 Å². The Morgan fingerprint density at radius 2 is 1.75 bits per heavy atom. The Morgan fingerprint density at radius 1 is 1.06 bits per heavy atom. The molecular weight excluding hydrogens is 474 g/mol. The summed E-state index contributed by atoms with van der Waals surface area (Å²) in [7, 11) is 1.64. The molecule has 0 radical (unpaired) electrons. The van der Waals surface area contributed by atoms with Crippen LogP contribution in [0.4, 0.5) is 0 Å². The van der Waals surface area contributed by atoms with Crippen molar-refractivity contribution in [2.24, 2.45) is 0 Å². The van der Waals surface area contributed by atoms with Crippen LogP contribution in [0.2, 0.25) is 5.02 Å². The number of halogens is 1. The lowest BCUT2D eigenvalue weighted by Crippen LogP contribution is -2.39. The monoisotopic (exact) mass is 503 g/mol. The van der Waals surface area contributed by atoms with Gasteiger partial charge >= 0.3 is 0 Å². The smallest absolute Gasteiger partial charge is 0.266 e. The molecule has 4 aromatic rings. The average molecular weight is 504 g/mol. The number of nitrogens with zero attached hydrogens (tertiary/aromatic N) is 3. The summed E-state index contributed by atoms with van der Waals surface area (Å²) in [6, 6.07) is 21.6. The van der Waals surface area contributed by atoms with Crippen LogP contribution in [0, 0.1) is 6.92 Å². The Labute approximate surface area is 216 Å². The number of ether oxygens (including phenoxy) is 1. The van der Waals surface area contributed by atoms with Crippen LogP contribution in [0.15, 0.2) is 77.6 Å². The molecule has 1 amide bonds. The van der Waals surface area contributed by atoms with E-state index in [-0.39, 0.29) is 11.5 Å². The highest BCUT2D eigenvalue weighted by atomic mass is 35.5. The topological polar surface area (TPSA) is 64.4 Å². The van der Waals surface area contributed by atoms with E-state index in [0.29, 0.717) is 59.0 Å². The van der Waals surface area contributed by atoms with Gasteiger partial charge in [-0.15, -0.1) is 0 Å². The number of para-hydroxylation sites is 1. The van der Waals surface area contributed by atoms with Crippen LogP contribution in [0.5, 0.6) is 0 Å². The Kier molecular flexibility index (Phi) is 8.18. The molecule has 0 fully saturated rings. The SMILES string of the molecule is CCC(c1nc2ccccc2c(=O)n1-c1ccc(C)cc1)N(CCCOC)C(=O)c1ccccc1Cl. The summed E-state index contributed by atoms with van der Waals surface area (Å²) >= 11 is 6.42. The van der Waals surface area contributed by atoms with Gasteiger partial charge in [0, 0.05) is 20.3 Å². The Morgan fingerprint density at radius 3 is 2.44 bits per heavy atom. The van der Waals surface area contributed by atoms with E-state index in [4.69, 9.17) is 21.3 Å². The van der Waals surface area contributed by atoms with E-state index in [9.17, 15) is 9.59 Å². The Balaban J connectivity index is 1.93. The zero-order valence-electron chi connectivity index (χ0n) is 20.8. The van der Waals surface area contributed by atoms with Crippen molar-refractivity contribution in [2.75, 3.05) is 20.3 Å². The minimum absolute atomic E-state index is 0.167. The van der Waals surface area contributed by atoms with Crippen LogP contribution < -0.4 is 5.56 Å². The predicted octanol–water partition coefficient (Wildman–Crippen LogP) is 5.98. The van der Waals surface area contributed by atoms with Crippen molar-refractivity contribution < 1.29 is 9.53 Å². The molecule has 4 rings (SSSR count). The van der Waals surface area contributed by atoms with E-state index in [1.165, 1.54) is 0 Å². The zero-order chi connectivity index (χ0) is 25.7. The molecule has 0 N–H and O–H groups in total. The summed E-state index contributed by atoms with van der Waals surface area (Å²) in [5, 5.41) is 0.913. The van der Waals surface area contributed by atoms with E-state index in [1.807, 2.05) is 56.3 Å². The molecule has 3 aromatic carbocycles. The van der Waals surface area contributed by atoms with Gasteiger partial charge in [-0.3, -0.25) is 14.2 Å². The van der Waals surface area contributed by atoms with Gasteiger partial charge in [-0.2, -0.15) is 0 Å². The molecule has 1 unspecified atom stereocenters. The molecule has 0 aliphatic rings. The summed E-state index contributed by atoms with van der Waals surface area (Å²) in [6.07, 6.45) is 1.19. The van der Waals surface area contributed by atoms with Crippen LogP contribution in [0.3, 0.4) is 0 Å². The second-order valence-corrected chi connectivity index (χ2v) is 9.12. The lowest BCUT2D eigenvalue weighted by Gasteiger charge is -2.32. The number of amides is 1. The molecule has 186 valence electrons. The number of rotatable bonds is 9. The first kappa shape index (κ1) is 25.6. The molecule has 0 saturated carbocycles. The van der Waals surface area contributed by atoms with Crippen molar-refractivity contribution in [3.05, 3.63) is 105 Å². The molecule has 1 atom stereocenters. The van der Waals surface area contributed by atoms with Crippen molar-refractivity contribution in [1.29, 1.82) is 0 Å². The molecule has 0 aliphatic carbocycles. The maximum absolute atomic E-state index is 13.9. The fraction of sp³-hybridized carbons (Fsp3) is 0.276. The molecule has 0 bridgehead atoms. The Hall–Kier alpha value is -3.48. The normalized spacial score (nSPS) is 12.0. The number of aromatic nitrogens is 2. The van der Waals surface area contributed by atoms with Crippen LogP contribution in [0.25, 0.3) is 16.6 Å². The van der Waals surface area contributed by atoms with Gasteiger partial charge in [0.25, 0.3) is 11.5 Å². The number of fused-ring (bicyclic) bond motifs is 1. The minimum Gasteiger partial charge on any atom is -0.385 e. The number of aryl methyl sites for hydroxylation is 1. The lowest BCUT2D eigenvalue weighted by molar-refractivity contribution is 0.0634. The third-order valence-electron chi connectivity index (χ3n) is 6.27. The second-order valence-electron chi connectivity index (χ2n) is 8.71. The number of hydrogen-bond donors (Lipinski definition) is 0. The number of carbonyl (C=O) groups is 1. The fourth-order valence-electron chi connectivity index (χ4n) is 4.43. The van der Waals surface area contributed by atoms with Crippen LogP contribution in [0.1, 0.15) is 47.6 Å². The molecule has 1 aromatic heterocycles. The average Bonchev–Trinajstić information content (AvgIpc) is 2.89. The first-order chi connectivity index (χ1) is 17.5. The molecule has 7 heteroatoms. The van der Waals surface area contributed by atoms with Crippen molar-refractivity contribution >= 4 is 28.4 Å². The summed E-state index contributed by atoms with van der Waals surface area (Å²) in [4.78, 5) is 34.4. The van der Waals surface area contributed by atoms with Crippen molar-refractivity contribution in [3.63, 3.8) is 0 Å². The molecule has 1 heterocycles. The molecule has 36 heavy (non-hydrogen) atoms. The van der Waals surface area contributed by atoms with Gasteiger partial charge in [0.15, 0.2) is 0 Å². The molecule has 0 aliphatic heterocycles. The number of benzene rings is 3. The molecule has 0 saturated heterocycles. The highest BCUT2D eigenvalue weighted by Crippen LogP contribution is 2.29. The maximum Gasteiger partial charge on any atom is 0.266 e. The van der Waals surface area contributed by atoms with Gasteiger partial charge < -0.3 is 9.64 Å². The highest BCUT2D eigenvalue weighted by molar-refractivity contribution is 6.33. The van der Waals surface area contributed by atoms with Gasteiger partial charge in [-0.1, -0.05) is 60.5 Å². The quantitative estimate of drug-likeness (QED) is 0.264. The number of hydrogen-bond acceptors (Lipinski definition) is 4. The summed E-state index contributed by atoms with van der Waals surface area (Å²) in [5.41, 5.74) is 2.64. The summed E-state index contributed by atoms with van der Waals surface area (Å²) in [5.74, 6) is 0.310. The standard InChI is InChI=1S/C29H30ClN3O3/c1-4-26(32(18-9-19-36-3)28(34)22-10-5-7-12-24(22)30)27-31-25-13-8-6-11-23(25)29(35)33(27)21-16-14-20(2)15-17-21/h5-8,10-17,26H,4,9,18-19H2,1-3H3. The van der Waals surface area contributed by atoms with Crippen molar-refractivity contribution in [2.45, 2.75) is 32.7 Å². The summed E-state index contributed by atoms with van der Waals surface area (Å²) < 4.78 is 6.90. The van der Waals surface area contributed by atoms with E-state index in [2.05, 4.69) is 0 Å². The van der Waals surface area contributed by atoms with E-state index in [1.54, 1.807) is 46.9 Å². The van der Waals surface area contributed by atoms with Crippen molar-refractivity contribution in [3.8, 4) is 5.69 Å². The third kappa shape index (κ3) is 5.20. The second kappa shape index (κ2) is 11.5. The van der Waals surface area contributed by atoms with E-state index in [0.717, 1.165) is 5.56 Å². The first-order valence-corrected chi connectivity index (χ1v) is 12.5. The van der Waals surface area contributed by atoms with Gasteiger partial charge in [0.1, 0.15) is 5.82 Å². The first-order valence-electron chi connectivity index (χ1n) is 12.1. The molecule has 6 nitrogen and oxygen atoms in total. The maximum atomic E-state index is 13.9. The molecular formula is C29H30ClN3O3. The van der Waals surface area contributed by atoms with Gasteiger partial charge in [0.2, 0.25) is 0 Å². The predicted molar refractivity (Wildman–Crippen MR) is 144 cm³/mol. The van der Waals surface area contributed by atoms with Gasteiger partial charge in [-0.25, -0.2) is 4.98 Å². The van der Waals surface area contributed by atoms with E-state index < -0.39 is 6.04 Å². The molecule has 0 spiro atoms. The van der Waals surface area contributed by atoms with Crippen LogP contribution >= 0.6 is 11.6 Å². The number of methoxy groups -OCH3 is 1.